The highest BCUT2D eigenvalue weighted by molar-refractivity contribution is 7.07. The monoisotopic (exact) mass is 252 g/mol. The molecule has 0 saturated heterocycles. The normalized spacial score (nSPS) is 13.9. The lowest BCUT2D eigenvalue weighted by Gasteiger charge is -2.01. The summed E-state index contributed by atoms with van der Waals surface area (Å²) in [5.74, 6) is -0.587. The van der Waals surface area contributed by atoms with Crippen LogP contribution in [-0.4, -0.2) is 25.4 Å². The molecule has 0 fully saturated rings. The fraction of sp³-hybridized carbons (Fsp3) is 0.300. The minimum absolute atomic E-state index is 0.445. The number of aromatic nitrogens is 3. The fourth-order valence-electron chi connectivity index (χ4n) is 1.31. The highest BCUT2D eigenvalue weighted by Crippen LogP contribution is 2.12. The maximum Gasteiger partial charge on any atom is 0.281 e. The standard InChI is InChI=1S/C10H12N4O2S/c1-13-3-4-17-10(13)12-9(16)8(15)7-5-11-14(2)6-7/h3-6,8,15H,1-2H3/t8-/m0/s1. The lowest BCUT2D eigenvalue weighted by molar-refractivity contribution is -0.126. The summed E-state index contributed by atoms with van der Waals surface area (Å²) in [4.78, 5) is 16.1. The summed E-state index contributed by atoms with van der Waals surface area (Å²) in [6, 6.07) is 0. The molecule has 0 aliphatic heterocycles. The number of aliphatic hydroxyl groups excluding tert-OH is 1. The van der Waals surface area contributed by atoms with Crippen LogP contribution in [-0.2, 0) is 18.9 Å². The Morgan fingerprint density at radius 1 is 1.59 bits per heavy atom. The summed E-state index contributed by atoms with van der Waals surface area (Å²) < 4.78 is 3.25. The average Bonchev–Trinajstić information content (AvgIpc) is 2.88. The quantitative estimate of drug-likeness (QED) is 0.816. The van der Waals surface area contributed by atoms with Gasteiger partial charge in [-0.15, -0.1) is 11.3 Å². The fourth-order valence-corrected chi connectivity index (χ4v) is 2.05. The van der Waals surface area contributed by atoms with E-state index < -0.39 is 12.0 Å². The van der Waals surface area contributed by atoms with Crippen LogP contribution in [0.25, 0.3) is 0 Å². The Morgan fingerprint density at radius 2 is 2.35 bits per heavy atom. The molecule has 0 bridgehead atoms. The van der Waals surface area contributed by atoms with Crippen molar-refractivity contribution in [2.24, 2.45) is 19.1 Å². The molecule has 7 heteroatoms. The predicted molar refractivity (Wildman–Crippen MR) is 62.0 cm³/mol. The number of hydrogen-bond donors (Lipinski definition) is 1. The van der Waals surface area contributed by atoms with Crippen LogP contribution in [0, 0.1) is 0 Å². The van der Waals surface area contributed by atoms with E-state index in [0.717, 1.165) is 0 Å². The van der Waals surface area contributed by atoms with Crippen LogP contribution in [0.2, 0.25) is 0 Å². The number of thiazole rings is 1. The van der Waals surface area contributed by atoms with Gasteiger partial charge in [-0.25, -0.2) is 0 Å². The third kappa shape index (κ3) is 2.51. The van der Waals surface area contributed by atoms with Gasteiger partial charge in [0.25, 0.3) is 5.91 Å². The Bertz CT molecular complexity index is 595. The molecule has 6 nitrogen and oxygen atoms in total. The molecule has 0 aromatic carbocycles. The van der Waals surface area contributed by atoms with E-state index in [1.165, 1.54) is 22.2 Å². The largest absolute Gasteiger partial charge is 0.378 e. The molecular formula is C10H12N4O2S. The molecule has 0 radical (unpaired) electrons. The first-order valence-corrected chi connectivity index (χ1v) is 5.81. The van der Waals surface area contributed by atoms with Gasteiger partial charge in [0, 0.05) is 37.4 Å². The highest BCUT2D eigenvalue weighted by Gasteiger charge is 2.18. The first-order valence-electron chi connectivity index (χ1n) is 4.93. The summed E-state index contributed by atoms with van der Waals surface area (Å²) in [6.45, 7) is 0. The van der Waals surface area contributed by atoms with Gasteiger partial charge in [-0.2, -0.15) is 10.1 Å². The summed E-state index contributed by atoms with van der Waals surface area (Å²) in [7, 11) is 3.51. The molecule has 0 aliphatic rings. The van der Waals surface area contributed by atoms with Crippen LogP contribution >= 0.6 is 11.3 Å². The zero-order valence-corrected chi connectivity index (χ0v) is 10.3. The Morgan fingerprint density at radius 3 is 2.88 bits per heavy atom. The van der Waals surface area contributed by atoms with Crippen LogP contribution < -0.4 is 4.80 Å². The van der Waals surface area contributed by atoms with Crippen molar-refractivity contribution in [3.63, 3.8) is 0 Å². The number of carbonyl (C=O) groups is 1. The lowest BCUT2D eigenvalue weighted by Crippen LogP contribution is -2.16. The van der Waals surface area contributed by atoms with E-state index in [2.05, 4.69) is 10.1 Å². The number of nitrogens with zero attached hydrogens (tertiary/aromatic N) is 4. The molecule has 1 amide bonds. The van der Waals surface area contributed by atoms with Crippen molar-refractivity contribution < 1.29 is 9.90 Å². The van der Waals surface area contributed by atoms with Gasteiger partial charge >= 0.3 is 0 Å². The van der Waals surface area contributed by atoms with Gasteiger partial charge in [0.1, 0.15) is 0 Å². The van der Waals surface area contributed by atoms with Gasteiger partial charge in [0.2, 0.25) is 0 Å². The van der Waals surface area contributed by atoms with Gasteiger partial charge in [0.15, 0.2) is 10.9 Å². The average molecular weight is 252 g/mol. The molecule has 2 rings (SSSR count). The van der Waals surface area contributed by atoms with Crippen LogP contribution in [0.5, 0.6) is 0 Å². The topological polar surface area (TPSA) is 72.4 Å². The number of amides is 1. The predicted octanol–water partition coefficient (Wildman–Crippen LogP) is -0.0190. The maximum absolute atomic E-state index is 11.7. The third-order valence-corrected chi connectivity index (χ3v) is 3.09. The number of aryl methyl sites for hydroxylation is 2. The summed E-state index contributed by atoms with van der Waals surface area (Å²) in [5.41, 5.74) is 0.445. The molecule has 0 saturated carbocycles. The first-order chi connectivity index (χ1) is 8.08. The van der Waals surface area contributed by atoms with E-state index in [-0.39, 0.29) is 0 Å². The third-order valence-electron chi connectivity index (χ3n) is 2.24. The van der Waals surface area contributed by atoms with Crippen molar-refractivity contribution in [2.45, 2.75) is 6.10 Å². The van der Waals surface area contributed by atoms with Crippen molar-refractivity contribution in [1.82, 2.24) is 14.3 Å². The minimum Gasteiger partial charge on any atom is -0.378 e. The summed E-state index contributed by atoms with van der Waals surface area (Å²) in [5, 5.41) is 15.5. The SMILES string of the molecule is Cn1cc([C@H](O)C(=O)N=c2sccn2C)cn1. The smallest absolute Gasteiger partial charge is 0.281 e. The van der Waals surface area contributed by atoms with E-state index in [9.17, 15) is 9.90 Å². The number of hydrogen-bond acceptors (Lipinski definition) is 4. The molecule has 1 atom stereocenters. The summed E-state index contributed by atoms with van der Waals surface area (Å²) in [6.07, 6.45) is 3.58. The second-order valence-electron chi connectivity index (χ2n) is 3.60. The van der Waals surface area contributed by atoms with E-state index in [0.29, 0.717) is 10.4 Å². The molecule has 0 aliphatic carbocycles. The molecule has 0 spiro atoms. The second kappa shape index (κ2) is 4.64. The number of rotatable bonds is 2. The van der Waals surface area contributed by atoms with Crippen LogP contribution in [0.3, 0.4) is 0 Å². The van der Waals surface area contributed by atoms with E-state index in [1.54, 1.807) is 31.1 Å². The van der Waals surface area contributed by atoms with Crippen LogP contribution in [0.15, 0.2) is 29.0 Å². The molecule has 2 heterocycles. The molecule has 17 heavy (non-hydrogen) atoms. The van der Waals surface area contributed by atoms with Gasteiger partial charge in [-0.1, -0.05) is 0 Å². The Labute approximate surface area is 101 Å². The zero-order valence-electron chi connectivity index (χ0n) is 9.44. The van der Waals surface area contributed by atoms with E-state index in [4.69, 9.17) is 0 Å². The molecule has 0 unspecified atom stereocenters. The minimum atomic E-state index is -1.26. The number of aliphatic hydroxyl groups is 1. The first kappa shape index (κ1) is 11.7. The van der Waals surface area contributed by atoms with Crippen molar-refractivity contribution in [3.8, 4) is 0 Å². The van der Waals surface area contributed by atoms with Gasteiger partial charge in [0.05, 0.1) is 6.20 Å². The molecule has 2 aromatic heterocycles. The van der Waals surface area contributed by atoms with Crippen molar-refractivity contribution in [3.05, 3.63) is 34.3 Å². The zero-order chi connectivity index (χ0) is 12.4. The van der Waals surface area contributed by atoms with Gasteiger partial charge < -0.3 is 9.67 Å². The Balaban J connectivity index is 2.25. The van der Waals surface area contributed by atoms with E-state index >= 15 is 0 Å². The van der Waals surface area contributed by atoms with Crippen LogP contribution in [0.4, 0.5) is 0 Å². The maximum atomic E-state index is 11.7. The Hall–Kier alpha value is -1.73. The highest BCUT2D eigenvalue weighted by atomic mass is 32.1. The van der Waals surface area contributed by atoms with Gasteiger partial charge in [-0.3, -0.25) is 9.48 Å². The van der Waals surface area contributed by atoms with Crippen molar-refractivity contribution in [2.75, 3.05) is 0 Å². The van der Waals surface area contributed by atoms with E-state index in [1.807, 2.05) is 5.38 Å². The Kier molecular flexibility index (Phi) is 3.21. The lowest BCUT2D eigenvalue weighted by atomic mass is 10.2. The summed E-state index contributed by atoms with van der Waals surface area (Å²) >= 11 is 1.34. The van der Waals surface area contributed by atoms with Gasteiger partial charge in [-0.05, 0) is 0 Å². The van der Waals surface area contributed by atoms with Crippen molar-refractivity contribution >= 4 is 17.2 Å². The molecule has 2 aromatic rings. The molecule has 90 valence electrons. The molecular weight excluding hydrogens is 240 g/mol. The second-order valence-corrected chi connectivity index (χ2v) is 4.47. The van der Waals surface area contributed by atoms with Crippen LogP contribution in [0.1, 0.15) is 11.7 Å². The number of carbonyl (C=O) groups excluding carboxylic acids is 1. The molecule has 1 N–H and O–H groups in total. The van der Waals surface area contributed by atoms with Crippen molar-refractivity contribution in [1.29, 1.82) is 0 Å².